The Morgan fingerprint density at radius 3 is 2.84 bits per heavy atom. The highest BCUT2D eigenvalue weighted by atomic mass is 32.1. The molecule has 1 aliphatic heterocycles. The maximum atomic E-state index is 12.5. The highest BCUT2D eigenvalue weighted by Crippen LogP contribution is 2.30. The van der Waals surface area contributed by atoms with Crippen molar-refractivity contribution in [1.82, 2.24) is 0 Å². The molecule has 1 aliphatic rings. The minimum absolute atomic E-state index is 0.0241. The Labute approximate surface area is 146 Å². The molecule has 25 heavy (non-hydrogen) atoms. The van der Waals surface area contributed by atoms with Crippen molar-refractivity contribution in [2.24, 2.45) is 0 Å². The Morgan fingerprint density at radius 2 is 1.96 bits per heavy atom. The van der Waals surface area contributed by atoms with E-state index in [1.807, 2.05) is 6.07 Å². The molecule has 0 spiro atoms. The van der Waals surface area contributed by atoms with E-state index in [2.05, 4.69) is 10.6 Å². The van der Waals surface area contributed by atoms with Gasteiger partial charge in [-0.25, -0.2) is 0 Å². The van der Waals surface area contributed by atoms with Crippen LogP contribution in [-0.2, 0) is 4.79 Å². The smallest absolute Gasteiger partial charge is 0.265 e. The van der Waals surface area contributed by atoms with Crippen molar-refractivity contribution < 1.29 is 14.3 Å². The molecule has 2 N–H and O–H groups in total. The lowest BCUT2D eigenvalue weighted by atomic mass is 10.2. The number of ether oxygens (including phenoxy) is 1. The molecule has 2 heterocycles. The molecular weight excluding hydrogens is 340 g/mol. The largest absolute Gasteiger partial charge is 0.482 e. The Bertz CT molecular complexity index is 1070. The molecule has 2 aromatic carbocycles. The number of carbonyl (C=O) groups is 2. The normalized spacial score (nSPS) is 12.9. The van der Waals surface area contributed by atoms with Crippen LogP contribution in [0.3, 0.4) is 0 Å². The van der Waals surface area contributed by atoms with Crippen molar-refractivity contribution in [3.05, 3.63) is 62.9 Å². The molecule has 7 heteroatoms. The molecule has 4 rings (SSSR count). The van der Waals surface area contributed by atoms with Gasteiger partial charge >= 0.3 is 0 Å². The van der Waals surface area contributed by atoms with Crippen molar-refractivity contribution in [2.45, 2.75) is 0 Å². The molecule has 0 unspecified atom stereocenters. The summed E-state index contributed by atoms with van der Waals surface area (Å²) in [4.78, 5) is 36.4. The molecular formula is C18H12N2O4S. The quantitative estimate of drug-likeness (QED) is 0.743. The van der Waals surface area contributed by atoms with Gasteiger partial charge in [-0.1, -0.05) is 29.5 Å². The van der Waals surface area contributed by atoms with E-state index in [0.717, 1.165) is 16.7 Å². The van der Waals surface area contributed by atoms with Gasteiger partial charge in [-0.2, -0.15) is 0 Å². The van der Waals surface area contributed by atoms with Crippen LogP contribution in [0.2, 0.25) is 0 Å². The fourth-order valence-corrected chi connectivity index (χ4v) is 3.42. The topological polar surface area (TPSA) is 84.5 Å². The molecule has 0 fully saturated rings. The number of fused-ring (bicyclic) bond motifs is 2. The zero-order valence-corrected chi connectivity index (χ0v) is 13.7. The van der Waals surface area contributed by atoms with E-state index in [-0.39, 0.29) is 23.2 Å². The second kappa shape index (κ2) is 6.03. The predicted molar refractivity (Wildman–Crippen MR) is 96.6 cm³/mol. The number of carbonyl (C=O) groups excluding carboxylic acids is 2. The van der Waals surface area contributed by atoms with Gasteiger partial charge < -0.3 is 15.4 Å². The first kappa shape index (κ1) is 15.3. The number of rotatable bonds is 2. The molecule has 124 valence electrons. The van der Waals surface area contributed by atoms with Crippen LogP contribution in [0.4, 0.5) is 11.4 Å². The summed E-state index contributed by atoms with van der Waals surface area (Å²) in [7, 11) is 0. The fourth-order valence-electron chi connectivity index (χ4n) is 2.60. The van der Waals surface area contributed by atoms with Crippen LogP contribution in [0.5, 0.6) is 5.75 Å². The van der Waals surface area contributed by atoms with Crippen LogP contribution in [-0.4, -0.2) is 18.4 Å². The zero-order chi connectivity index (χ0) is 17.4. The van der Waals surface area contributed by atoms with Crippen molar-refractivity contribution in [3.63, 3.8) is 0 Å². The molecule has 0 aliphatic carbocycles. The summed E-state index contributed by atoms with van der Waals surface area (Å²) in [5.74, 6) is -0.0763. The third-order valence-corrected chi connectivity index (χ3v) is 4.69. The third-order valence-electron chi connectivity index (χ3n) is 3.76. The first-order valence-electron chi connectivity index (χ1n) is 7.51. The van der Waals surface area contributed by atoms with Crippen LogP contribution in [0.1, 0.15) is 9.67 Å². The van der Waals surface area contributed by atoms with E-state index < -0.39 is 0 Å². The van der Waals surface area contributed by atoms with Crippen LogP contribution in [0, 0.1) is 0 Å². The van der Waals surface area contributed by atoms with Crippen LogP contribution >= 0.6 is 11.3 Å². The fraction of sp³-hybridized carbons (Fsp3) is 0.0556. The maximum Gasteiger partial charge on any atom is 0.265 e. The lowest BCUT2D eigenvalue weighted by Gasteiger charge is -2.18. The molecule has 1 aromatic heterocycles. The highest BCUT2D eigenvalue weighted by Gasteiger charge is 2.17. The third kappa shape index (κ3) is 2.97. The standard InChI is InChI=1S/C18H12N2O4S/c21-16-9-24-14-6-5-11(8-13(14)20-16)19-17(22)15-7-10-3-1-2-4-12(10)18(23)25-15/h1-8H,9H2,(H,19,22)(H,20,21). The zero-order valence-electron chi connectivity index (χ0n) is 12.9. The number of benzene rings is 2. The van der Waals surface area contributed by atoms with E-state index in [0.29, 0.717) is 27.4 Å². The first-order chi connectivity index (χ1) is 12.1. The molecule has 0 saturated heterocycles. The summed E-state index contributed by atoms with van der Waals surface area (Å²) < 4.78 is 5.12. The number of amides is 2. The predicted octanol–water partition coefficient (Wildman–Crippen LogP) is 2.84. The average Bonchev–Trinajstić information content (AvgIpc) is 2.61. The van der Waals surface area contributed by atoms with Crippen molar-refractivity contribution >= 4 is 45.3 Å². The number of hydrogen-bond acceptors (Lipinski definition) is 5. The summed E-state index contributed by atoms with van der Waals surface area (Å²) in [5.41, 5.74) is 1.00. The van der Waals surface area contributed by atoms with Gasteiger partial charge in [-0.05, 0) is 35.7 Å². The second-order valence-corrected chi connectivity index (χ2v) is 6.50. The van der Waals surface area contributed by atoms with E-state index in [9.17, 15) is 14.4 Å². The molecule has 2 amide bonds. The number of anilines is 2. The lowest BCUT2D eigenvalue weighted by molar-refractivity contribution is -0.118. The summed E-state index contributed by atoms with van der Waals surface area (Å²) in [6.07, 6.45) is 0. The summed E-state index contributed by atoms with van der Waals surface area (Å²) >= 11 is 0.901. The van der Waals surface area contributed by atoms with Crippen LogP contribution < -0.4 is 20.1 Å². The second-order valence-electron chi connectivity index (χ2n) is 5.49. The van der Waals surface area contributed by atoms with E-state index in [4.69, 9.17) is 4.74 Å². The van der Waals surface area contributed by atoms with Gasteiger partial charge in [0.15, 0.2) is 6.61 Å². The summed E-state index contributed by atoms with van der Waals surface area (Å²) in [5, 5.41) is 6.74. The molecule has 0 bridgehead atoms. The van der Waals surface area contributed by atoms with Gasteiger partial charge in [-0.3, -0.25) is 14.4 Å². The Morgan fingerprint density at radius 1 is 1.12 bits per heavy atom. The Balaban J connectivity index is 1.63. The van der Waals surface area contributed by atoms with Crippen molar-refractivity contribution in [1.29, 1.82) is 0 Å². The molecule has 0 saturated carbocycles. The van der Waals surface area contributed by atoms with Gasteiger partial charge in [0.05, 0.1) is 10.6 Å². The van der Waals surface area contributed by atoms with Crippen LogP contribution in [0.15, 0.2) is 53.3 Å². The monoisotopic (exact) mass is 352 g/mol. The lowest BCUT2D eigenvalue weighted by Crippen LogP contribution is -2.25. The maximum absolute atomic E-state index is 12.5. The average molecular weight is 352 g/mol. The van der Waals surface area contributed by atoms with Crippen molar-refractivity contribution in [3.8, 4) is 5.75 Å². The SMILES string of the molecule is O=C1COc2ccc(NC(=O)c3cc4ccccc4c(=O)s3)cc2N1. The Kier molecular flexibility index (Phi) is 3.70. The molecule has 0 atom stereocenters. The first-order valence-corrected chi connectivity index (χ1v) is 8.33. The van der Waals surface area contributed by atoms with E-state index in [1.54, 1.807) is 42.5 Å². The van der Waals surface area contributed by atoms with Gasteiger partial charge in [0, 0.05) is 11.1 Å². The van der Waals surface area contributed by atoms with Gasteiger partial charge in [0.25, 0.3) is 11.8 Å². The van der Waals surface area contributed by atoms with Crippen LogP contribution in [0.25, 0.3) is 10.8 Å². The number of nitrogens with one attached hydrogen (secondary N) is 2. The van der Waals surface area contributed by atoms with E-state index >= 15 is 0 Å². The number of hydrogen-bond donors (Lipinski definition) is 2. The minimum Gasteiger partial charge on any atom is -0.482 e. The summed E-state index contributed by atoms with van der Waals surface area (Å²) in [6, 6.07) is 13.8. The minimum atomic E-state index is -0.379. The van der Waals surface area contributed by atoms with Crippen molar-refractivity contribution in [2.75, 3.05) is 17.2 Å². The highest BCUT2D eigenvalue weighted by molar-refractivity contribution is 7.12. The van der Waals surface area contributed by atoms with E-state index in [1.165, 1.54) is 0 Å². The van der Waals surface area contributed by atoms with Gasteiger partial charge in [0.2, 0.25) is 4.74 Å². The molecule has 3 aromatic rings. The Hall–Kier alpha value is -3.19. The van der Waals surface area contributed by atoms with Gasteiger partial charge in [-0.15, -0.1) is 0 Å². The molecule has 0 radical (unpaired) electrons. The summed E-state index contributed by atoms with van der Waals surface area (Å²) in [6.45, 7) is -0.0241. The molecule has 6 nitrogen and oxygen atoms in total. The van der Waals surface area contributed by atoms with Gasteiger partial charge in [0.1, 0.15) is 5.75 Å².